The number of benzene rings is 1. The first kappa shape index (κ1) is 14.6. The molecule has 1 aromatic carbocycles. The molecule has 1 N–H and O–H groups in total. The zero-order valence-electron chi connectivity index (χ0n) is 11.7. The van der Waals surface area contributed by atoms with Crippen molar-refractivity contribution in [2.24, 2.45) is 0 Å². The second-order valence-electron chi connectivity index (χ2n) is 4.53. The van der Waals surface area contributed by atoms with Gasteiger partial charge in [0, 0.05) is 6.54 Å². The summed E-state index contributed by atoms with van der Waals surface area (Å²) in [6, 6.07) is 7.98. The second kappa shape index (κ2) is 7.04. The summed E-state index contributed by atoms with van der Waals surface area (Å²) in [6.07, 6.45) is 0.662. The van der Waals surface area contributed by atoms with Gasteiger partial charge in [0.25, 0.3) is 5.91 Å². The largest absolute Gasteiger partial charge is 0.481 e. The van der Waals surface area contributed by atoms with Crippen LogP contribution in [0.4, 0.5) is 0 Å². The maximum atomic E-state index is 11.5. The number of hydrogen-bond acceptors (Lipinski definition) is 2. The fraction of sp³-hybridized carbons (Fsp3) is 0.533. The van der Waals surface area contributed by atoms with Crippen molar-refractivity contribution in [2.45, 2.75) is 46.1 Å². The Balaban J connectivity index is 2.60. The average Bonchev–Trinajstić information content (AvgIpc) is 2.39. The zero-order valence-corrected chi connectivity index (χ0v) is 11.7. The van der Waals surface area contributed by atoms with E-state index in [2.05, 4.69) is 31.3 Å². The van der Waals surface area contributed by atoms with E-state index in [0.717, 1.165) is 12.2 Å². The van der Waals surface area contributed by atoms with Crippen molar-refractivity contribution < 1.29 is 9.53 Å². The molecule has 1 amide bonds. The minimum Gasteiger partial charge on any atom is -0.481 e. The molecule has 3 heteroatoms. The molecule has 0 spiro atoms. The van der Waals surface area contributed by atoms with Crippen LogP contribution in [0.3, 0.4) is 0 Å². The third-order valence-electron chi connectivity index (χ3n) is 3.09. The minimum absolute atomic E-state index is 0.0801. The van der Waals surface area contributed by atoms with Gasteiger partial charge in [0.15, 0.2) is 6.10 Å². The smallest absolute Gasteiger partial charge is 0.260 e. The van der Waals surface area contributed by atoms with Crippen LogP contribution in [0.1, 0.15) is 45.6 Å². The number of amides is 1. The van der Waals surface area contributed by atoms with Crippen molar-refractivity contribution in [3.05, 3.63) is 29.8 Å². The van der Waals surface area contributed by atoms with E-state index in [1.54, 1.807) is 6.92 Å². The fourth-order valence-electron chi connectivity index (χ4n) is 1.69. The standard InChI is InChI=1S/C15H23NO2/c1-5-11(3)13-7-9-14(10-8-13)18-12(4)15(17)16-6-2/h7-12H,5-6H2,1-4H3,(H,16,17). The highest BCUT2D eigenvalue weighted by Crippen LogP contribution is 2.21. The summed E-state index contributed by atoms with van der Waals surface area (Å²) in [5.41, 5.74) is 1.30. The maximum Gasteiger partial charge on any atom is 0.260 e. The van der Waals surface area contributed by atoms with Crippen LogP contribution in [0.25, 0.3) is 0 Å². The Morgan fingerprint density at radius 2 is 1.83 bits per heavy atom. The van der Waals surface area contributed by atoms with Gasteiger partial charge in [-0.2, -0.15) is 0 Å². The summed E-state index contributed by atoms with van der Waals surface area (Å²) in [6.45, 7) is 8.65. The predicted molar refractivity (Wildman–Crippen MR) is 73.9 cm³/mol. The van der Waals surface area contributed by atoms with Crippen LogP contribution in [-0.2, 0) is 4.79 Å². The summed E-state index contributed by atoms with van der Waals surface area (Å²) >= 11 is 0. The number of carbonyl (C=O) groups is 1. The Morgan fingerprint density at radius 1 is 1.22 bits per heavy atom. The van der Waals surface area contributed by atoms with Crippen LogP contribution in [0.5, 0.6) is 5.75 Å². The lowest BCUT2D eigenvalue weighted by atomic mass is 9.99. The summed E-state index contributed by atoms with van der Waals surface area (Å²) in [5.74, 6) is 1.21. The van der Waals surface area contributed by atoms with Gasteiger partial charge < -0.3 is 10.1 Å². The van der Waals surface area contributed by atoms with Crippen molar-refractivity contribution in [3.8, 4) is 5.75 Å². The third kappa shape index (κ3) is 4.06. The molecule has 3 nitrogen and oxygen atoms in total. The average molecular weight is 249 g/mol. The monoisotopic (exact) mass is 249 g/mol. The minimum atomic E-state index is -0.459. The topological polar surface area (TPSA) is 38.3 Å². The summed E-state index contributed by atoms with van der Waals surface area (Å²) < 4.78 is 5.59. The number of carbonyl (C=O) groups excluding carboxylic acids is 1. The van der Waals surface area contributed by atoms with E-state index < -0.39 is 6.10 Å². The quantitative estimate of drug-likeness (QED) is 0.841. The van der Waals surface area contributed by atoms with Crippen molar-refractivity contribution >= 4 is 5.91 Å². The molecule has 100 valence electrons. The number of likely N-dealkylation sites (N-methyl/N-ethyl adjacent to an activating group) is 1. The normalized spacial score (nSPS) is 13.8. The molecule has 2 unspecified atom stereocenters. The van der Waals surface area contributed by atoms with Gasteiger partial charge in [0.2, 0.25) is 0 Å². The summed E-state index contributed by atoms with van der Waals surface area (Å²) in [4.78, 5) is 11.5. The van der Waals surface area contributed by atoms with Crippen LogP contribution in [-0.4, -0.2) is 18.6 Å². The molecule has 0 fully saturated rings. The first-order chi connectivity index (χ1) is 8.58. The Labute approximate surface area is 110 Å². The number of ether oxygens (including phenoxy) is 1. The van der Waals surface area contributed by atoms with Crippen LogP contribution in [0.2, 0.25) is 0 Å². The molecule has 2 atom stereocenters. The lowest BCUT2D eigenvalue weighted by Crippen LogP contribution is -2.36. The highest BCUT2D eigenvalue weighted by atomic mass is 16.5. The van der Waals surface area contributed by atoms with Gasteiger partial charge in [-0.05, 0) is 43.9 Å². The Hall–Kier alpha value is -1.51. The Kier molecular flexibility index (Phi) is 5.69. The molecule has 0 aliphatic rings. The lowest BCUT2D eigenvalue weighted by Gasteiger charge is -2.15. The number of hydrogen-bond donors (Lipinski definition) is 1. The molecule has 1 aromatic rings. The fourth-order valence-corrected chi connectivity index (χ4v) is 1.69. The van der Waals surface area contributed by atoms with Crippen LogP contribution >= 0.6 is 0 Å². The van der Waals surface area contributed by atoms with E-state index in [1.165, 1.54) is 5.56 Å². The highest BCUT2D eigenvalue weighted by molar-refractivity contribution is 5.80. The molecule has 0 aromatic heterocycles. The third-order valence-corrected chi connectivity index (χ3v) is 3.09. The van der Waals surface area contributed by atoms with Crippen molar-refractivity contribution in [1.29, 1.82) is 0 Å². The lowest BCUT2D eigenvalue weighted by molar-refractivity contribution is -0.127. The number of rotatable bonds is 6. The van der Waals surface area contributed by atoms with E-state index in [0.29, 0.717) is 12.5 Å². The predicted octanol–water partition coefficient (Wildman–Crippen LogP) is 3.10. The maximum absolute atomic E-state index is 11.5. The first-order valence-corrected chi connectivity index (χ1v) is 6.62. The van der Waals surface area contributed by atoms with Gasteiger partial charge in [-0.1, -0.05) is 26.0 Å². The van der Waals surface area contributed by atoms with Gasteiger partial charge in [-0.25, -0.2) is 0 Å². The van der Waals surface area contributed by atoms with Crippen LogP contribution in [0.15, 0.2) is 24.3 Å². The summed E-state index contributed by atoms with van der Waals surface area (Å²) in [7, 11) is 0. The molecule has 0 bridgehead atoms. The van der Waals surface area contributed by atoms with Crippen molar-refractivity contribution in [3.63, 3.8) is 0 Å². The highest BCUT2D eigenvalue weighted by Gasteiger charge is 2.13. The van der Waals surface area contributed by atoms with E-state index >= 15 is 0 Å². The van der Waals surface area contributed by atoms with Gasteiger partial charge >= 0.3 is 0 Å². The molecule has 0 heterocycles. The van der Waals surface area contributed by atoms with Gasteiger partial charge in [-0.15, -0.1) is 0 Å². The molecule has 0 aliphatic carbocycles. The van der Waals surface area contributed by atoms with Gasteiger partial charge in [0.1, 0.15) is 5.75 Å². The van der Waals surface area contributed by atoms with Gasteiger partial charge in [0.05, 0.1) is 0 Å². The number of nitrogens with one attached hydrogen (secondary N) is 1. The molecule has 0 aliphatic heterocycles. The van der Waals surface area contributed by atoms with Crippen molar-refractivity contribution in [2.75, 3.05) is 6.54 Å². The molecule has 0 saturated heterocycles. The molecular weight excluding hydrogens is 226 g/mol. The van der Waals surface area contributed by atoms with E-state index in [9.17, 15) is 4.79 Å². The van der Waals surface area contributed by atoms with E-state index in [1.807, 2.05) is 19.1 Å². The zero-order chi connectivity index (χ0) is 13.5. The molecule has 18 heavy (non-hydrogen) atoms. The van der Waals surface area contributed by atoms with E-state index in [4.69, 9.17) is 4.74 Å². The molecular formula is C15H23NO2. The van der Waals surface area contributed by atoms with Crippen molar-refractivity contribution in [1.82, 2.24) is 5.32 Å². The first-order valence-electron chi connectivity index (χ1n) is 6.62. The molecule has 1 rings (SSSR count). The Bertz CT molecular complexity index is 373. The molecule has 0 saturated carbocycles. The molecule has 0 radical (unpaired) electrons. The van der Waals surface area contributed by atoms with Crippen LogP contribution < -0.4 is 10.1 Å². The van der Waals surface area contributed by atoms with Gasteiger partial charge in [-0.3, -0.25) is 4.79 Å². The van der Waals surface area contributed by atoms with Crippen LogP contribution in [0, 0.1) is 0 Å². The van der Waals surface area contributed by atoms with E-state index in [-0.39, 0.29) is 5.91 Å². The Morgan fingerprint density at radius 3 is 2.33 bits per heavy atom. The SMILES string of the molecule is CCNC(=O)C(C)Oc1ccc(C(C)CC)cc1. The second-order valence-corrected chi connectivity index (χ2v) is 4.53. The summed E-state index contributed by atoms with van der Waals surface area (Å²) in [5, 5.41) is 2.74.